The Hall–Kier alpha value is 0.200. The first-order valence-corrected chi connectivity index (χ1v) is 5.10. The van der Waals surface area contributed by atoms with Crippen molar-refractivity contribution < 1.29 is 8.42 Å². The first-order chi connectivity index (χ1) is 4.48. The summed E-state index contributed by atoms with van der Waals surface area (Å²) < 4.78 is 24.1. The predicted molar refractivity (Wildman–Crippen MR) is 49.5 cm³/mol. The van der Waals surface area contributed by atoms with Crippen LogP contribution in [-0.4, -0.2) is 20.7 Å². The maximum absolute atomic E-state index is 10.8. The lowest BCUT2D eigenvalue weighted by Crippen LogP contribution is -2.28. The maximum atomic E-state index is 10.8. The summed E-state index contributed by atoms with van der Waals surface area (Å²) in [6.45, 7) is 6.11. The Morgan fingerprint density at radius 2 is 1.82 bits per heavy atom. The Balaban J connectivity index is 0. The second-order valence-corrected chi connectivity index (χ2v) is 4.74. The second-order valence-electron chi connectivity index (χ2n) is 2.65. The van der Waals surface area contributed by atoms with Crippen molar-refractivity contribution in [2.75, 3.05) is 12.3 Å². The highest BCUT2D eigenvalue weighted by Gasteiger charge is 2.05. The van der Waals surface area contributed by atoms with Crippen molar-refractivity contribution in [2.45, 2.75) is 20.8 Å². The molecular weight excluding hydrogens is 186 g/mol. The zero-order valence-corrected chi connectivity index (χ0v) is 8.76. The summed E-state index contributed by atoms with van der Waals surface area (Å²) >= 11 is 0. The van der Waals surface area contributed by atoms with Crippen LogP contribution in [0.4, 0.5) is 0 Å². The van der Waals surface area contributed by atoms with E-state index in [9.17, 15) is 8.42 Å². The molecule has 0 saturated carbocycles. The van der Waals surface area contributed by atoms with E-state index >= 15 is 0 Å². The topological polar surface area (TPSA) is 46.2 Å². The van der Waals surface area contributed by atoms with Gasteiger partial charge < -0.3 is 0 Å². The fraction of sp³-hybridized carbons (Fsp3) is 1.00. The third kappa shape index (κ3) is 8.10. The van der Waals surface area contributed by atoms with E-state index in [0.29, 0.717) is 12.5 Å². The van der Waals surface area contributed by atoms with Gasteiger partial charge in [0.15, 0.2) is 0 Å². The average Bonchev–Trinajstić information content (AvgIpc) is 1.85. The minimum Gasteiger partial charge on any atom is -0.215 e. The van der Waals surface area contributed by atoms with Crippen LogP contribution in [0.15, 0.2) is 0 Å². The molecule has 0 unspecified atom stereocenters. The van der Waals surface area contributed by atoms with Crippen LogP contribution >= 0.6 is 12.4 Å². The van der Waals surface area contributed by atoms with Crippen LogP contribution in [0.3, 0.4) is 0 Å². The van der Waals surface area contributed by atoms with E-state index < -0.39 is 10.0 Å². The van der Waals surface area contributed by atoms with Crippen LogP contribution < -0.4 is 4.72 Å². The maximum Gasteiger partial charge on any atom is 0.211 e. The highest BCUT2D eigenvalue weighted by Crippen LogP contribution is 1.90. The third-order valence-corrected chi connectivity index (χ3v) is 2.46. The molecule has 0 aromatic heterocycles. The molecule has 0 aromatic rings. The molecule has 3 nitrogen and oxygen atoms in total. The van der Waals surface area contributed by atoms with E-state index in [1.165, 1.54) is 0 Å². The molecule has 0 saturated heterocycles. The summed E-state index contributed by atoms with van der Waals surface area (Å²) in [7, 11) is -2.96. The highest BCUT2D eigenvalue weighted by atomic mass is 35.5. The van der Waals surface area contributed by atoms with Gasteiger partial charge in [-0.2, -0.15) is 0 Å². The summed E-state index contributed by atoms with van der Waals surface area (Å²) in [5.41, 5.74) is 0. The summed E-state index contributed by atoms with van der Waals surface area (Å²) in [5, 5.41) is 0. The number of hydrogen-bond acceptors (Lipinski definition) is 2. The van der Waals surface area contributed by atoms with Crippen molar-refractivity contribution in [3.8, 4) is 0 Å². The van der Waals surface area contributed by atoms with Gasteiger partial charge in [-0.15, -0.1) is 12.4 Å². The Kier molecular flexibility index (Phi) is 7.26. The fourth-order valence-electron chi connectivity index (χ4n) is 0.396. The van der Waals surface area contributed by atoms with E-state index in [0.717, 1.165) is 0 Å². The molecule has 0 aromatic carbocycles. The Bertz CT molecular complexity index is 177. The molecule has 0 rings (SSSR count). The third-order valence-electron chi connectivity index (χ3n) is 1.09. The largest absolute Gasteiger partial charge is 0.215 e. The van der Waals surface area contributed by atoms with E-state index in [2.05, 4.69) is 4.72 Å². The van der Waals surface area contributed by atoms with Crippen molar-refractivity contribution in [3.63, 3.8) is 0 Å². The van der Waals surface area contributed by atoms with Crippen LogP contribution in [0.2, 0.25) is 0 Å². The van der Waals surface area contributed by atoms with Gasteiger partial charge in [0.2, 0.25) is 10.0 Å². The first-order valence-electron chi connectivity index (χ1n) is 3.45. The summed E-state index contributed by atoms with van der Waals surface area (Å²) in [6, 6.07) is 0. The molecule has 1 N–H and O–H groups in total. The number of nitrogens with one attached hydrogen (secondary N) is 1. The van der Waals surface area contributed by atoms with E-state index in [4.69, 9.17) is 0 Å². The normalized spacial score (nSPS) is 11.3. The monoisotopic (exact) mass is 201 g/mol. The molecule has 11 heavy (non-hydrogen) atoms. The molecule has 0 aliphatic carbocycles. The number of sulfonamides is 1. The average molecular weight is 202 g/mol. The van der Waals surface area contributed by atoms with Gasteiger partial charge in [-0.05, 0) is 12.8 Å². The van der Waals surface area contributed by atoms with Crippen molar-refractivity contribution in [1.29, 1.82) is 0 Å². The molecular formula is C6H16ClNO2S. The molecule has 0 aliphatic heterocycles. The second kappa shape index (κ2) is 5.80. The molecule has 0 amide bonds. The van der Waals surface area contributed by atoms with Crippen molar-refractivity contribution in [3.05, 3.63) is 0 Å². The molecule has 5 heteroatoms. The van der Waals surface area contributed by atoms with Gasteiger partial charge in [-0.1, -0.05) is 13.8 Å². The van der Waals surface area contributed by atoms with Crippen LogP contribution in [0, 0.1) is 5.92 Å². The van der Waals surface area contributed by atoms with Crippen LogP contribution in [0.1, 0.15) is 20.8 Å². The SMILES string of the molecule is CCS(=O)(=O)NCC(C)C.Cl. The number of halogens is 1. The Labute approximate surface area is 75.0 Å². The van der Waals surface area contributed by atoms with Gasteiger partial charge in [0, 0.05) is 6.54 Å². The molecule has 0 spiro atoms. The molecule has 0 fully saturated rings. The van der Waals surface area contributed by atoms with Gasteiger partial charge in [-0.25, -0.2) is 13.1 Å². The predicted octanol–water partition coefficient (Wildman–Crippen LogP) is 1.00. The lowest BCUT2D eigenvalue weighted by atomic mass is 10.2. The summed E-state index contributed by atoms with van der Waals surface area (Å²) in [4.78, 5) is 0. The van der Waals surface area contributed by atoms with Gasteiger partial charge in [0.1, 0.15) is 0 Å². The zero-order chi connectivity index (χ0) is 8.20. The minimum absolute atomic E-state index is 0. The lowest BCUT2D eigenvalue weighted by molar-refractivity contribution is 0.561. The van der Waals surface area contributed by atoms with Gasteiger partial charge in [0.25, 0.3) is 0 Å². The number of hydrogen-bond donors (Lipinski definition) is 1. The molecule has 0 bridgehead atoms. The van der Waals surface area contributed by atoms with Crippen LogP contribution in [0.5, 0.6) is 0 Å². The van der Waals surface area contributed by atoms with E-state index in [1.807, 2.05) is 13.8 Å². The minimum atomic E-state index is -2.96. The molecule has 0 aliphatic rings. The van der Waals surface area contributed by atoms with Gasteiger partial charge in [0.05, 0.1) is 5.75 Å². The van der Waals surface area contributed by atoms with Crippen LogP contribution in [-0.2, 0) is 10.0 Å². The van der Waals surface area contributed by atoms with Gasteiger partial charge in [-0.3, -0.25) is 0 Å². The molecule has 0 atom stereocenters. The smallest absolute Gasteiger partial charge is 0.211 e. The summed E-state index contributed by atoms with van der Waals surface area (Å²) in [5.74, 6) is 0.543. The fourth-order valence-corrected chi connectivity index (χ4v) is 1.19. The zero-order valence-electron chi connectivity index (χ0n) is 7.12. The van der Waals surface area contributed by atoms with Crippen LogP contribution in [0.25, 0.3) is 0 Å². The van der Waals surface area contributed by atoms with Crippen molar-refractivity contribution >= 4 is 22.4 Å². The highest BCUT2D eigenvalue weighted by molar-refractivity contribution is 7.89. The quantitative estimate of drug-likeness (QED) is 0.738. The lowest BCUT2D eigenvalue weighted by Gasteiger charge is -2.05. The molecule has 0 heterocycles. The Morgan fingerprint density at radius 1 is 1.36 bits per heavy atom. The summed E-state index contributed by atoms with van der Waals surface area (Å²) in [6.07, 6.45) is 0. The van der Waals surface area contributed by atoms with E-state index in [-0.39, 0.29) is 18.2 Å². The first kappa shape index (κ1) is 13.8. The molecule has 70 valence electrons. The standard InChI is InChI=1S/C6H15NO2S.ClH/c1-4-10(8,9)7-5-6(2)3;/h6-7H,4-5H2,1-3H3;1H. The van der Waals surface area contributed by atoms with Crippen molar-refractivity contribution in [1.82, 2.24) is 4.72 Å². The van der Waals surface area contributed by atoms with Gasteiger partial charge >= 0.3 is 0 Å². The number of rotatable bonds is 4. The van der Waals surface area contributed by atoms with Crippen molar-refractivity contribution in [2.24, 2.45) is 5.92 Å². The van der Waals surface area contributed by atoms with E-state index in [1.54, 1.807) is 6.92 Å². The molecule has 0 radical (unpaired) electrons. The Morgan fingerprint density at radius 3 is 2.09 bits per heavy atom.